The Hall–Kier alpha value is -6.08. The van der Waals surface area contributed by atoms with Gasteiger partial charge in [-0.25, -0.2) is 0 Å². The lowest BCUT2D eigenvalue weighted by Gasteiger charge is -2.35. The molecule has 1 atom stereocenters. The van der Waals surface area contributed by atoms with E-state index in [1.165, 1.54) is 0 Å². The smallest absolute Gasteiger partial charge is 0.126 e. The van der Waals surface area contributed by atoms with E-state index in [2.05, 4.69) is 45.0 Å². The molecule has 410 valence electrons. The van der Waals surface area contributed by atoms with E-state index >= 15 is 0 Å². The molecule has 0 aromatic heterocycles. The summed E-state index contributed by atoms with van der Waals surface area (Å²) in [5.41, 5.74) is 10.6. The van der Waals surface area contributed by atoms with Crippen molar-refractivity contribution in [2.24, 2.45) is 0 Å². The summed E-state index contributed by atoms with van der Waals surface area (Å²) >= 11 is 0. The minimum absolute atomic E-state index is 0.0261. The van der Waals surface area contributed by atoms with Crippen molar-refractivity contribution in [1.82, 2.24) is 0 Å². The third-order valence-corrected chi connectivity index (χ3v) is 14.0. The summed E-state index contributed by atoms with van der Waals surface area (Å²) in [6.45, 7) is 8.22. The van der Waals surface area contributed by atoms with Gasteiger partial charge in [-0.1, -0.05) is 38.1 Å². The highest BCUT2D eigenvalue weighted by Gasteiger charge is 2.35. The SMILES string of the molecule is COCc1cc(-c2cc(COC)c(O)c(COCCOCc3cc(C(C)(c4ccc(C(C)(C)c5cc(COC)c(O)c(COC)c5)cc4)c4cc(COC)c(O)c(COC)c4)cc(COC)c3O)c2)cc(COC)c1O. The van der Waals surface area contributed by atoms with E-state index in [9.17, 15) is 25.5 Å². The van der Waals surface area contributed by atoms with Crippen LogP contribution in [0.4, 0.5) is 0 Å². The van der Waals surface area contributed by atoms with E-state index < -0.39 is 10.8 Å². The molecule has 1 unspecified atom stereocenters. The number of phenols is 5. The van der Waals surface area contributed by atoms with Gasteiger partial charge >= 0.3 is 0 Å². The minimum Gasteiger partial charge on any atom is -0.507 e. The number of ether oxygens (including phenoxy) is 10. The topological polar surface area (TPSA) is 193 Å². The molecule has 0 amide bonds. The van der Waals surface area contributed by atoms with Crippen molar-refractivity contribution in [3.63, 3.8) is 0 Å². The van der Waals surface area contributed by atoms with Gasteiger partial charge in [0.25, 0.3) is 0 Å². The van der Waals surface area contributed by atoms with Crippen LogP contribution in [0.25, 0.3) is 11.1 Å². The highest BCUT2D eigenvalue weighted by Crippen LogP contribution is 2.46. The zero-order chi connectivity index (χ0) is 55.2. The quantitative estimate of drug-likeness (QED) is 0.0220. The first kappa shape index (κ1) is 59.2. The van der Waals surface area contributed by atoms with E-state index in [-0.39, 0.29) is 108 Å². The first-order valence-corrected chi connectivity index (χ1v) is 25.0. The molecule has 0 spiro atoms. The van der Waals surface area contributed by atoms with Gasteiger partial charge in [0.05, 0.1) is 79.3 Å². The Balaban J connectivity index is 1.33. The van der Waals surface area contributed by atoms with E-state index in [1.54, 1.807) is 56.9 Å². The van der Waals surface area contributed by atoms with Crippen LogP contribution in [-0.2, 0) is 124 Å². The molecule has 5 N–H and O–H groups in total. The van der Waals surface area contributed by atoms with Crippen LogP contribution < -0.4 is 0 Å². The maximum Gasteiger partial charge on any atom is 0.126 e. The Morgan fingerprint density at radius 3 is 0.789 bits per heavy atom. The van der Waals surface area contributed by atoms with Gasteiger partial charge in [0.1, 0.15) is 28.7 Å². The van der Waals surface area contributed by atoms with Crippen LogP contribution >= 0.6 is 0 Å². The van der Waals surface area contributed by atoms with Crippen LogP contribution in [0.15, 0.2) is 84.9 Å². The average molecular weight is 1050 g/mol. The van der Waals surface area contributed by atoms with E-state index in [1.807, 2.05) is 60.7 Å². The van der Waals surface area contributed by atoms with Crippen LogP contribution in [0, 0.1) is 0 Å². The number of benzene rings is 6. The molecule has 0 aliphatic carbocycles. The van der Waals surface area contributed by atoms with Gasteiger partial charge < -0.3 is 72.9 Å². The maximum atomic E-state index is 11.8. The summed E-state index contributed by atoms with van der Waals surface area (Å²) in [5.74, 6) is 0.440. The van der Waals surface area contributed by atoms with Gasteiger partial charge in [-0.2, -0.15) is 0 Å². The second kappa shape index (κ2) is 27.3. The fourth-order valence-corrected chi connectivity index (χ4v) is 9.78. The molecular formula is C61H76O15. The summed E-state index contributed by atoms with van der Waals surface area (Å²) in [4.78, 5) is 0. The number of aromatic hydroxyl groups is 5. The first-order valence-electron chi connectivity index (χ1n) is 25.0. The van der Waals surface area contributed by atoms with Crippen LogP contribution in [0.1, 0.15) is 104 Å². The predicted molar refractivity (Wildman–Crippen MR) is 289 cm³/mol. The summed E-state index contributed by atoms with van der Waals surface area (Å²) in [6, 6.07) is 27.6. The Kier molecular flexibility index (Phi) is 21.3. The molecule has 0 aliphatic heterocycles. The standard InChI is InChI=1S/C61H76O15/c1-60(2,52-22-44(31-70-7)57(64)45(23-52)32-71-8)50-12-14-51(15-13-50)61(3,53-24-46(33-72-9)58(65)47(25-53)34-73-10)54-26-48(35-74-11)59(66)49(27-54)37-76-17-16-75-36-43-21-39(20-42(30-69-6)56(43)63)38-18-40(28-67-4)55(62)41(19-38)29-68-5/h12-15,18-27,62-66H,16-17,28-37H2,1-11H3. The predicted octanol–water partition coefficient (Wildman–Crippen LogP) is 10.5. The summed E-state index contributed by atoms with van der Waals surface area (Å²) in [5, 5.41) is 56.5. The number of hydrogen-bond donors (Lipinski definition) is 5. The fourth-order valence-electron chi connectivity index (χ4n) is 9.78. The molecule has 6 aromatic rings. The van der Waals surface area contributed by atoms with Crippen molar-refractivity contribution in [3.05, 3.63) is 168 Å². The Bertz CT molecular complexity index is 2800. The van der Waals surface area contributed by atoms with E-state index in [0.29, 0.717) is 55.6 Å². The normalized spacial score (nSPS) is 12.6. The van der Waals surface area contributed by atoms with Crippen molar-refractivity contribution < 1.29 is 72.9 Å². The minimum atomic E-state index is -0.916. The summed E-state index contributed by atoms with van der Waals surface area (Å²) in [6.07, 6.45) is 0. The molecular weight excluding hydrogens is 973 g/mol. The summed E-state index contributed by atoms with van der Waals surface area (Å²) < 4.78 is 56.2. The molecule has 0 heterocycles. The fraction of sp³-hybridized carbons (Fsp3) is 0.410. The third-order valence-electron chi connectivity index (χ3n) is 14.0. The van der Waals surface area contributed by atoms with Crippen molar-refractivity contribution in [2.75, 3.05) is 70.1 Å². The van der Waals surface area contributed by atoms with Gasteiger partial charge in [-0.15, -0.1) is 0 Å². The first-order chi connectivity index (χ1) is 36.5. The second-order valence-electron chi connectivity index (χ2n) is 19.6. The lowest BCUT2D eigenvalue weighted by molar-refractivity contribution is 0.0326. The van der Waals surface area contributed by atoms with Crippen LogP contribution in [0.5, 0.6) is 28.7 Å². The zero-order valence-electron chi connectivity index (χ0n) is 45.9. The molecule has 6 rings (SSSR count). The lowest BCUT2D eigenvalue weighted by Crippen LogP contribution is -2.27. The Labute approximate surface area is 447 Å². The molecule has 0 saturated carbocycles. The molecule has 0 fully saturated rings. The Morgan fingerprint density at radius 2 is 0.513 bits per heavy atom. The van der Waals surface area contributed by atoms with Crippen molar-refractivity contribution >= 4 is 0 Å². The van der Waals surface area contributed by atoms with Crippen LogP contribution in [0.3, 0.4) is 0 Å². The molecule has 76 heavy (non-hydrogen) atoms. The number of rotatable bonds is 29. The van der Waals surface area contributed by atoms with Crippen LogP contribution in [-0.4, -0.2) is 95.6 Å². The summed E-state index contributed by atoms with van der Waals surface area (Å²) in [7, 11) is 12.6. The zero-order valence-corrected chi connectivity index (χ0v) is 45.9. The molecule has 0 bridgehead atoms. The van der Waals surface area contributed by atoms with Crippen molar-refractivity contribution in [1.29, 1.82) is 0 Å². The highest BCUT2D eigenvalue weighted by atomic mass is 16.5. The van der Waals surface area contributed by atoms with Crippen molar-refractivity contribution in [3.8, 4) is 39.9 Å². The number of phenolic OH excluding ortho intramolecular Hbond substituents is 5. The van der Waals surface area contributed by atoms with Gasteiger partial charge in [-0.3, -0.25) is 0 Å². The molecule has 15 nitrogen and oxygen atoms in total. The maximum absolute atomic E-state index is 11.8. The second-order valence-corrected chi connectivity index (χ2v) is 19.6. The molecule has 0 radical (unpaired) electrons. The highest BCUT2D eigenvalue weighted by molar-refractivity contribution is 5.70. The molecule has 0 aliphatic rings. The largest absolute Gasteiger partial charge is 0.507 e. The monoisotopic (exact) mass is 1050 g/mol. The van der Waals surface area contributed by atoms with Gasteiger partial charge in [0.2, 0.25) is 0 Å². The average Bonchev–Trinajstić information content (AvgIpc) is 3.43. The number of hydrogen-bond acceptors (Lipinski definition) is 15. The molecule has 15 heteroatoms. The lowest BCUT2D eigenvalue weighted by atomic mass is 9.68. The van der Waals surface area contributed by atoms with Gasteiger partial charge in [-0.05, 0) is 107 Å². The molecule has 0 saturated heterocycles. The molecule has 6 aromatic carbocycles. The van der Waals surface area contributed by atoms with Gasteiger partial charge in [0, 0.05) is 123 Å². The van der Waals surface area contributed by atoms with E-state index in [0.717, 1.165) is 38.9 Å². The van der Waals surface area contributed by atoms with Crippen molar-refractivity contribution in [2.45, 2.75) is 97.7 Å². The van der Waals surface area contributed by atoms with Gasteiger partial charge in [0.15, 0.2) is 0 Å². The Morgan fingerprint density at radius 1 is 0.289 bits per heavy atom. The third kappa shape index (κ3) is 13.4. The number of methoxy groups -OCH3 is 8. The van der Waals surface area contributed by atoms with E-state index in [4.69, 9.17) is 47.4 Å². The van der Waals surface area contributed by atoms with Crippen LogP contribution in [0.2, 0.25) is 0 Å².